The van der Waals surface area contributed by atoms with Crippen LogP contribution in [0.4, 0.5) is 5.69 Å². The summed E-state index contributed by atoms with van der Waals surface area (Å²) >= 11 is 9.07. The smallest absolute Gasteiger partial charge is 0.147 e. The molecule has 4 heteroatoms. The van der Waals surface area contributed by atoms with E-state index < -0.39 is 0 Å². The summed E-state index contributed by atoms with van der Waals surface area (Å²) in [4.78, 5) is 10.9. The zero-order valence-corrected chi connectivity index (χ0v) is 10.1. The minimum Gasteiger partial charge on any atom is -0.398 e. The summed E-state index contributed by atoms with van der Waals surface area (Å²) in [6.45, 7) is 1.52. The summed E-state index contributed by atoms with van der Waals surface area (Å²) in [6.07, 6.45) is 0. The molecule has 0 bridgehead atoms. The Balaban J connectivity index is 3.23. The molecule has 0 spiro atoms. The van der Waals surface area contributed by atoms with Crippen molar-refractivity contribution in [2.75, 3.05) is 5.73 Å². The summed E-state index contributed by atoms with van der Waals surface area (Å²) in [5.74, 6) is 0.379. The number of hydrogen-bond acceptors (Lipinski definition) is 2. The highest BCUT2D eigenvalue weighted by Crippen LogP contribution is 2.32. The van der Waals surface area contributed by atoms with Gasteiger partial charge in [0.1, 0.15) is 5.78 Å². The number of alkyl halides is 2. The van der Waals surface area contributed by atoms with Crippen molar-refractivity contribution in [3.8, 4) is 0 Å². The molecule has 2 nitrogen and oxygen atoms in total. The van der Waals surface area contributed by atoms with Gasteiger partial charge in [0.2, 0.25) is 0 Å². The molecule has 0 heterocycles. The van der Waals surface area contributed by atoms with Gasteiger partial charge in [0.15, 0.2) is 0 Å². The predicted molar refractivity (Wildman–Crippen MR) is 62.8 cm³/mol. The first kappa shape index (κ1) is 11.5. The summed E-state index contributed by atoms with van der Waals surface area (Å²) in [5, 5.41) is 0. The molecule has 1 rings (SSSR count). The maximum Gasteiger partial charge on any atom is 0.147 e. The molecule has 0 amide bonds. The van der Waals surface area contributed by atoms with E-state index in [-0.39, 0.29) is 10.6 Å². The van der Waals surface area contributed by atoms with Gasteiger partial charge in [-0.2, -0.15) is 0 Å². The number of hydrogen-bond donors (Lipinski definition) is 1. The van der Waals surface area contributed by atoms with Crippen LogP contribution in [-0.2, 0) is 10.7 Å². The Bertz CT molecular complexity index is 354. The molecule has 0 saturated carbocycles. The fourth-order valence-electron chi connectivity index (χ4n) is 1.26. The number of carbonyl (C=O) groups is 1. The van der Waals surface area contributed by atoms with Crippen molar-refractivity contribution in [3.05, 3.63) is 29.3 Å². The molecule has 1 aromatic rings. The Morgan fingerprint density at radius 3 is 2.79 bits per heavy atom. The van der Waals surface area contributed by atoms with Gasteiger partial charge in [0, 0.05) is 17.1 Å². The minimum atomic E-state index is -0.363. The van der Waals surface area contributed by atoms with Gasteiger partial charge in [0.05, 0.1) is 4.83 Å². The first-order chi connectivity index (χ1) is 6.57. The molecule has 0 aromatic heterocycles. The molecular weight excluding hydrogens is 265 g/mol. The number of carbonyl (C=O) groups excluding carboxylic acids is 1. The Kier molecular flexibility index (Phi) is 3.96. The summed E-state index contributed by atoms with van der Waals surface area (Å²) in [5.41, 5.74) is 8.07. The molecule has 1 unspecified atom stereocenters. The van der Waals surface area contributed by atoms with Gasteiger partial charge in [-0.1, -0.05) is 28.1 Å². The van der Waals surface area contributed by atoms with Crippen molar-refractivity contribution < 1.29 is 4.79 Å². The Morgan fingerprint density at radius 2 is 2.29 bits per heavy atom. The Morgan fingerprint density at radius 1 is 1.64 bits per heavy atom. The number of ketones is 1. The monoisotopic (exact) mass is 275 g/mol. The molecule has 0 radical (unpaired) electrons. The van der Waals surface area contributed by atoms with Crippen molar-refractivity contribution in [2.45, 2.75) is 17.6 Å². The van der Waals surface area contributed by atoms with Crippen LogP contribution in [0.15, 0.2) is 18.2 Å². The molecule has 1 aromatic carbocycles. The number of Topliss-reactive ketones (excluding diaryl/α,β-unsaturated/α-hetero) is 1. The van der Waals surface area contributed by atoms with Crippen molar-refractivity contribution in [1.82, 2.24) is 0 Å². The van der Waals surface area contributed by atoms with E-state index in [1.165, 1.54) is 6.92 Å². The van der Waals surface area contributed by atoms with Gasteiger partial charge in [-0.15, -0.1) is 11.6 Å². The van der Waals surface area contributed by atoms with Crippen LogP contribution in [0.2, 0.25) is 0 Å². The molecule has 0 aliphatic rings. The van der Waals surface area contributed by atoms with E-state index in [1.807, 2.05) is 12.1 Å². The fraction of sp³-hybridized carbons (Fsp3) is 0.300. The number of anilines is 1. The van der Waals surface area contributed by atoms with Crippen LogP contribution in [0.1, 0.15) is 22.9 Å². The van der Waals surface area contributed by atoms with Crippen LogP contribution in [0, 0.1) is 0 Å². The molecule has 76 valence electrons. The van der Waals surface area contributed by atoms with Gasteiger partial charge in [0.25, 0.3) is 0 Å². The SMILES string of the molecule is CC(=O)C(Br)c1c(N)cccc1CCl. The lowest BCUT2D eigenvalue weighted by Gasteiger charge is -2.13. The second-order valence-corrected chi connectivity index (χ2v) is 4.21. The topological polar surface area (TPSA) is 43.1 Å². The quantitative estimate of drug-likeness (QED) is 0.681. The van der Waals surface area contributed by atoms with E-state index in [4.69, 9.17) is 17.3 Å². The fourth-order valence-corrected chi connectivity index (χ4v) is 2.05. The normalized spacial score (nSPS) is 12.5. The minimum absolute atomic E-state index is 0.0225. The maximum atomic E-state index is 11.2. The average molecular weight is 277 g/mol. The van der Waals surface area contributed by atoms with E-state index in [9.17, 15) is 4.79 Å². The van der Waals surface area contributed by atoms with Crippen LogP contribution < -0.4 is 5.73 Å². The average Bonchev–Trinajstić information content (AvgIpc) is 2.16. The third kappa shape index (κ3) is 2.28. The van der Waals surface area contributed by atoms with Crippen LogP contribution in [0.5, 0.6) is 0 Å². The van der Waals surface area contributed by atoms with E-state index in [0.29, 0.717) is 11.6 Å². The number of nitrogens with two attached hydrogens (primary N) is 1. The summed E-state index contributed by atoms with van der Waals surface area (Å²) in [6, 6.07) is 5.47. The zero-order chi connectivity index (χ0) is 10.7. The molecule has 2 N–H and O–H groups in total. The largest absolute Gasteiger partial charge is 0.398 e. The van der Waals surface area contributed by atoms with Gasteiger partial charge >= 0.3 is 0 Å². The number of benzene rings is 1. The van der Waals surface area contributed by atoms with E-state index in [2.05, 4.69) is 15.9 Å². The molecule has 0 aliphatic carbocycles. The van der Waals surface area contributed by atoms with E-state index in [0.717, 1.165) is 11.1 Å². The van der Waals surface area contributed by atoms with Gasteiger partial charge in [-0.3, -0.25) is 4.79 Å². The standard InChI is InChI=1S/C10H11BrClNO/c1-6(14)10(11)9-7(5-12)3-2-4-8(9)13/h2-4,10H,5,13H2,1H3. The van der Waals surface area contributed by atoms with Crippen molar-refractivity contribution in [1.29, 1.82) is 0 Å². The molecule has 0 aliphatic heterocycles. The molecule has 14 heavy (non-hydrogen) atoms. The first-order valence-electron chi connectivity index (χ1n) is 4.15. The highest BCUT2D eigenvalue weighted by atomic mass is 79.9. The van der Waals surface area contributed by atoms with E-state index >= 15 is 0 Å². The number of rotatable bonds is 3. The highest BCUT2D eigenvalue weighted by Gasteiger charge is 2.18. The van der Waals surface area contributed by atoms with Crippen molar-refractivity contribution in [3.63, 3.8) is 0 Å². The first-order valence-corrected chi connectivity index (χ1v) is 5.60. The Hall–Kier alpha value is -0.540. The van der Waals surface area contributed by atoms with Crippen LogP contribution in [-0.4, -0.2) is 5.78 Å². The second kappa shape index (κ2) is 4.80. The molecule has 0 fully saturated rings. The number of nitrogen functional groups attached to an aromatic ring is 1. The third-order valence-electron chi connectivity index (χ3n) is 1.98. The van der Waals surface area contributed by atoms with Crippen molar-refractivity contribution in [2.24, 2.45) is 0 Å². The zero-order valence-electron chi connectivity index (χ0n) is 7.76. The lowest BCUT2D eigenvalue weighted by atomic mass is 10.0. The summed E-state index contributed by atoms with van der Waals surface area (Å²) in [7, 11) is 0. The van der Waals surface area contributed by atoms with Gasteiger partial charge in [-0.25, -0.2) is 0 Å². The van der Waals surface area contributed by atoms with Crippen LogP contribution in [0.25, 0.3) is 0 Å². The maximum absolute atomic E-state index is 11.2. The van der Waals surface area contributed by atoms with Gasteiger partial charge < -0.3 is 5.73 Å². The number of halogens is 2. The molecular formula is C10H11BrClNO. The van der Waals surface area contributed by atoms with Crippen LogP contribution >= 0.6 is 27.5 Å². The second-order valence-electron chi connectivity index (χ2n) is 3.03. The molecule has 0 saturated heterocycles. The lowest BCUT2D eigenvalue weighted by molar-refractivity contribution is -0.116. The van der Waals surface area contributed by atoms with Crippen LogP contribution in [0.3, 0.4) is 0 Å². The molecule has 1 atom stereocenters. The highest BCUT2D eigenvalue weighted by molar-refractivity contribution is 9.09. The Labute approximate surface area is 96.6 Å². The predicted octanol–water partition coefficient (Wildman–Crippen LogP) is 3.03. The van der Waals surface area contributed by atoms with Gasteiger partial charge in [-0.05, 0) is 18.6 Å². The summed E-state index contributed by atoms with van der Waals surface area (Å²) < 4.78 is 0. The van der Waals surface area contributed by atoms with Crippen molar-refractivity contribution >= 4 is 39.0 Å². The third-order valence-corrected chi connectivity index (χ3v) is 3.37. The van der Waals surface area contributed by atoms with E-state index in [1.54, 1.807) is 6.07 Å². The lowest BCUT2D eigenvalue weighted by Crippen LogP contribution is -2.07.